The molecule has 1 amide bonds. The van der Waals surface area contributed by atoms with Crippen molar-refractivity contribution < 1.29 is 13.8 Å². The molecule has 0 bridgehead atoms. The molecule has 4 aromatic rings. The highest BCUT2D eigenvalue weighted by molar-refractivity contribution is 7.13. The van der Waals surface area contributed by atoms with Gasteiger partial charge in [-0.3, -0.25) is 9.48 Å². The highest BCUT2D eigenvalue weighted by Crippen LogP contribution is 2.40. The molecule has 0 spiro atoms. The molecule has 0 aromatic carbocycles. The van der Waals surface area contributed by atoms with Crippen molar-refractivity contribution in [3.05, 3.63) is 47.0 Å². The van der Waals surface area contributed by atoms with E-state index in [1.165, 1.54) is 0 Å². The summed E-state index contributed by atoms with van der Waals surface area (Å²) in [6.45, 7) is 0.110. The Bertz CT molecular complexity index is 1120. The van der Waals surface area contributed by atoms with E-state index < -0.39 is 0 Å². The average Bonchev–Trinajstić information content (AvgIpc) is 3.17. The Balaban J connectivity index is 1.25. The lowest BCUT2D eigenvalue weighted by molar-refractivity contribution is 0.0937. The Kier molecular flexibility index (Phi) is 4.05. The second-order valence-corrected chi connectivity index (χ2v) is 7.55. The second kappa shape index (κ2) is 6.71. The predicted octanol–water partition coefficient (Wildman–Crippen LogP) is 2.99. The summed E-state index contributed by atoms with van der Waals surface area (Å²) in [4.78, 5) is 17.8. The molecule has 4 aromatic heterocycles. The zero-order chi connectivity index (χ0) is 19.1. The van der Waals surface area contributed by atoms with Gasteiger partial charge >= 0.3 is 0 Å². The Morgan fingerprint density at radius 3 is 2.96 bits per heavy atom. The molecular formula is C18H16N6O3S. The second-order valence-electron chi connectivity index (χ2n) is 6.60. The molecule has 28 heavy (non-hydrogen) atoms. The molecule has 0 saturated heterocycles. The molecule has 5 rings (SSSR count). The van der Waals surface area contributed by atoms with E-state index in [1.807, 2.05) is 23.6 Å². The summed E-state index contributed by atoms with van der Waals surface area (Å²) in [6.07, 6.45) is 2.25. The number of hydrogen-bond acceptors (Lipinski definition) is 8. The van der Waals surface area contributed by atoms with Crippen LogP contribution in [0.25, 0.3) is 22.1 Å². The molecule has 0 aliphatic heterocycles. The highest BCUT2D eigenvalue weighted by atomic mass is 32.1. The van der Waals surface area contributed by atoms with Gasteiger partial charge in [0.25, 0.3) is 5.91 Å². The average molecular weight is 396 g/mol. The van der Waals surface area contributed by atoms with Gasteiger partial charge in [0.2, 0.25) is 11.7 Å². The molecule has 1 saturated carbocycles. The lowest BCUT2D eigenvalue weighted by atomic mass is 10.3. The quantitative estimate of drug-likeness (QED) is 0.533. The Hall–Kier alpha value is -3.27. The summed E-state index contributed by atoms with van der Waals surface area (Å²) in [6, 6.07) is 7.51. The van der Waals surface area contributed by atoms with E-state index in [-0.39, 0.29) is 12.5 Å². The minimum absolute atomic E-state index is 0.110. The van der Waals surface area contributed by atoms with Crippen molar-refractivity contribution in [1.29, 1.82) is 0 Å². The number of carbonyl (C=O) groups excluding carboxylic acids is 1. The third kappa shape index (κ3) is 3.22. The van der Waals surface area contributed by atoms with Crippen molar-refractivity contribution in [1.82, 2.24) is 30.4 Å². The number of thiophene rings is 1. The summed E-state index contributed by atoms with van der Waals surface area (Å²) >= 11 is 1.57. The molecule has 4 heterocycles. The van der Waals surface area contributed by atoms with Gasteiger partial charge in [-0.15, -0.1) is 11.3 Å². The van der Waals surface area contributed by atoms with Crippen LogP contribution in [-0.2, 0) is 13.6 Å². The predicted molar refractivity (Wildman–Crippen MR) is 99.5 cm³/mol. The van der Waals surface area contributed by atoms with Gasteiger partial charge in [0, 0.05) is 19.0 Å². The van der Waals surface area contributed by atoms with Crippen LogP contribution in [0.15, 0.2) is 38.7 Å². The number of rotatable bonds is 6. The van der Waals surface area contributed by atoms with Crippen molar-refractivity contribution >= 4 is 17.2 Å². The molecule has 0 unspecified atom stereocenters. The highest BCUT2D eigenvalue weighted by Gasteiger charge is 2.28. The maximum Gasteiger partial charge on any atom is 0.269 e. The van der Waals surface area contributed by atoms with E-state index >= 15 is 0 Å². The number of aryl methyl sites for hydroxylation is 1. The van der Waals surface area contributed by atoms with Crippen LogP contribution in [-0.4, -0.2) is 31.0 Å². The van der Waals surface area contributed by atoms with Gasteiger partial charge in [0.05, 0.1) is 11.4 Å². The van der Waals surface area contributed by atoms with Crippen LogP contribution in [0, 0.1) is 0 Å². The SMILES string of the molecule is Cn1nc(-c2cccs2)cc1C(=O)NCc1nc(-c2cc(C3CC3)on2)no1. The molecule has 1 fully saturated rings. The van der Waals surface area contributed by atoms with E-state index in [1.54, 1.807) is 29.1 Å². The normalized spacial score (nSPS) is 13.8. The fourth-order valence-electron chi connectivity index (χ4n) is 2.86. The number of aromatic nitrogens is 5. The number of amides is 1. The maximum atomic E-state index is 12.5. The number of carbonyl (C=O) groups is 1. The first-order chi connectivity index (χ1) is 13.7. The first-order valence-electron chi connectivity index (χ1n) is 8.83. The largest absolute Gasteiger partial charge is 0.360 e. The molecule has 1 aliphatic carbocycles. The van der Waals surface area contributed by atoms with Gasteiger partial charge < -0.3 is 14.4 Å². The molecule has 142 valence electrons. The van der Waals surface area contributed by atoms with Crippen LogP contribution in [0.1, 0.15) is 40.9 Å². The smallest absolute Gasteiger partial charge is 0.269 e. The summed E-state index contributed by atoms with van der Waals surface area (Å²) in [7, 11) is 1.73. The number of nitrogens with zero attached hydrogens (tertiary/aromatic N) is 5. The standard InChI is InChI=1S/C18H16N6O3S/c1-24-13(7-11(21-24)15-3-2-6-28-15)18(25)19-9-16-20-17(23-27-16)12-8-14(26-22-12)10-4-5-10/h2-3,6-8,10H,4-5,9H2,1H3,(H,19,25). The van der Waals surface area contributed by atoms with Crippen LogP contribution in [0.4, 0.5) is 0 Å². The zero-order valence-corrected chi connectivity index (χ0v) is 15.8. The van der Waals surface area contributed by atoms with Gasteiger partial charge in [-0.2, -0.15) is 10.1 Å². The maximum absolute atomic E-state index is 12.5. The van der Waals surface area contributed by atoms with Crippen molar-refractivity contribution in [3.63, 3.8) is 0 Å². The van der Waals surface area contributed by atoms with E-state index in [9.17, 15) is 4.79 Å². The summed E-state index contributed by atoms with van der Waals surface area (Å²) in [5.41, 5.74) is 1.75. The fourth-order valence-corrected chi connectivity index (χ4v) is 3.54. The van der Waals surface area contributed by atoms with Crippen molar-refractivity contribution in [3.8, 4) is 22.1 Å². The van der Waals surface area contributed by atoms with Crippen LogP contribution in [0.5, 0.6) is 0 Å². The lowest BCUT2D eigenvalue weighted by Gasteiger charge is -2.01. The van der Waals surface area contributed by atoms with Crippen LogP contribution < -0.4 is 5.32 Å². The molecule has 9 nitrogen and oxygen atoms in total. The van der Waals surface area contributed by atoms with Crippen molar-refractivity contribution in [2.75, 3.05) is 0 Å². The van der Waals surface area contributed by atoms with Crippen molar-refractivity contribution in [2.45, 2.75) is 25.3 Å². The van der Waals surface area contributed by atoms with Gasteiger partial charge in [-0.1, -0.05) is 16.4 Å². The van der Waals surface area contributed by atoms with Gasteiger partial charge in [0.15, 0.2) is 5.69 Å². The van der Waals surface area contributed by atoms with Gasteiger partial charge in [0.1, 0.15) is 17.1 Å². The zero-order valence-electron chi connectivity index (χ0n) is 15.0. The Morgan fingerprint density at radius 1 is 1.29 bits per heavy atom. The summed E-state index contributed by atoms with van der Waals surface area (Å²) in [5, 5.41) is 17.0. The molecule has 0 radical (unpaired) electrons. The third-order valence-corrected chi connectivity index (χ3v) is 5.38. The molecular weight excluding hydrogens is 380 g/mol. The molecule has 10 heteroatoms. The van der Waals surface area contributed by atoms with E-state index in [0.717, 1.165) is 29.2 Å². The van der Waals surface area contributed by atoms with Crippen molar-refractivity contribution in [2.24, 2.45) is 7.05 Å². The fraction of sp³-hybridized carbons (Fsp3) is 0.278. The molecule has 1 N–H and O–H groups in total. The topological polar surface area (TPSA) is 112 Å². The monoisotopic (exact) mass is 396 g/mol. The van der Waals surface area contributed by atoms with Crippen LogP contribution in [0.3, 0.4) is 0 Å². The summed E-state index contributed by atoms with van der Waals surface area (Å²) < 4.78 is 12.1. The minimum Gasteiger partial charge on any atom is -0.360 e. The van der Waals surface area contributed by atoms with Crippen LogP contribution in [0.2, 0.25) is 0 Å². The van der Waals surface area contributed by atoms with Gasteiger partial charge in [-0.05, 0) is 30.4 Å². The number of nitrogens with one attached hydrogen (secondary N) is 1. The minimum atomic E-state index is -0.269. The first-order valence-corrected chi connectivity index (χ1v) is 9.71. The molecule has 1 aliphatic rings. The van der Waals surface area contributed by atoms with Crippen LogP contribution >= 0.6 is 11.3 Å². The third-order valence-electron chi connectivity index (χ3n) is 4.49. The van der Waals surface area contributed by atoms with Gasteiger partial charge in [-0.25, -0.2) is 0 Å². The first kappa shape index (κ1) is 16.9. The lowest BCUT2D eigenvalue weighted by Crippen LogP contribution is -2.25. The number of hydrogen-bond donors (Lipinski definition) is 1. The molecule has 0 atom stereocenters. The van der Waals surface area contributed by atoms with E-state index in [4.69, 9.17) is 9.05 Å². The van der Waals surface area contributed by atoms with E-state index in [2.05, 4.69) is 25.7 Å². The Morgan fingerprint density at radius 2 is 2.18 bits per heavy atom. The van der Waals surface area contributed by atoms with E-state index in [0.29, 0.717) is 29.0 Å². The Labute approximate surface area is 163 Å². The summed E-state index contributed by atoms with van der Waals surface area (Å²) in [5.74, 6) is 1.69.